The van der Waals surface area contributed by atoms with Crippen molar-refractivity contribution in [3.63, 3.8) is 0 Å². The standard InChI is InChI=1S/C19H22F2N2O/c1-13-5-7-19(17(21)10-13)23-18-8-6-15(20)11-14(18)12-16(24-23)4-3-9-22-2/h5-8,10-11,16,22H,3-4,9,12H2,1-2H3. The van der Waals surface area contributed by atoms with Gasteiger partial charge in [0.2, 0.25) is 0 Å². The number of benzene rings is 2. The summed E-state index contributed by atoms with van der Waals surface area (Å²) in [6.45, 7) is 2.72. The molecule has 1 unspecified atom stereocenters. The molecule has 0 fully saturated rings. The molecule has 3 nitrogen and oxygen atoms in total. The van der Waals surface area contributed by atoms with Gasteiger partial charge >= 0.3 is 0 Å². The van der Waals surface area contributed by atoms with E-state index in [1.807, 2.05) is 20.0 Å². The average molecular weight is 332 g/mol. The average Bonchev–Trinajstić information content (AvgIpc) is 2.54. The highest BCUT2D eigenvalue weighted by molar-refractivity contribution is 5.66. The Kier molecular flexibility index (Phi) is 5.11. The molecule has 0 saturated carbocycles. The van der Waals surface area contributed by atoms with E-state index in [1.54, 1.807) is 12.1 Å². The second kappa shape index (κ2) is 7.28. The number of hydrogen-bond acceptors (Lipinski definition) is 3. The van der Waals surface area contributed by atoms with Gasteiger partial charge in [-0.1, -0.05) is 6.07 Å². The van der Waals surface area contributed by atoms with Gasteiger partial charge in [-0.05, 0) is 74.8 Å². The van der Waals surface area contributed by atoms with Gasteiger partial charge in [-0.3, -0.25) is 4.84 Å². The van der Waals surface area contributed by atoms with E-state index in [1.165, 1.54) is 23.3 Å². The third-order valence-corrected chi connectivity index (χ3v) is 4.24. The molecule has 0 radical (unpaired) electrons. The first-order chi connectivity index (χ1) is 11.6. The molecule has 2 aromatic carbocycles. The Morgan fingerprint density at radius 3 is 2.71 bits per heavy atom. The van der Waals surface area contributed by atoms with Crippen LogP contribution in [0.5, 0.6) is 0 Å². The molecule has 1 aliphatic heterocycles. The normalized spacial score (nSPS) is 17.0. The zero-order valence-electron chi connectivity index (χ0n) is 14.0. The van der Waals surface area contributed by atoms with Crippen LogP contribution in [0, 0.1) is 18.6 Å². The molecule has 0 spiro atoms. The van der Waals surface area contributed by atoms with E-state index in [0.717, 1.165) is 30.5 Å². The molecule has 1 N–H and O–H groups in total. The molecule has 2 aromatic rings. The molecule has 128 valence electrons. The molecule has 0 aromatic heterocycles. The Bertz CT molecular complexity index is 721. The summed E-state index contributed by atoms with van der Waals surface area (Å²) in [6.07, 6.45) is 2.28. The van der Waals surface area contributed by atoms with Crippen molar-refractivity contribution >= 4 is 11.4 Å². The fraction of sp³-hybridized carbons (Fsp3) is 0.368. The van der Waals surface area contributed by atoms with Crippen molar-refractivity contribution in [2.24, 2.45) is 0 Å². The highest BCUT2D eigenvalue weighted by atomic mass is 19.1. The van der Waals surface area contributed by atoms with Gasteiger partial charge in [0.05, 0.1) is 11.8 Å². The summed E-state index contributed by atoms with van der Waals surface area (Å²) < 4.78 is 28.1. The topological polar surface area (TPSA) is 24.5 Å². The maximum absolute atomic E-state index is 14.4. The van der Waals surface area contributed by atoms with E-state index in [-0.39, 0.29) is 17.7 Å². The molecule has 24 heavy (non-hydrogen) atoms. The predicted molar refractivity (Wildman–Crippen MR) is 91.4 cm³/mol. The molecule has 0 bridgehead atoms. The number of anilines is 2. The van der Waals surface area contributed by atoms with Gasteiger partial charge in [-0.25, -0.2) is 13.8 Å². The van der Waals surface area contributed by atoms with Gasteiger partial charge in [0, 0.05) is 6.42 Å². The van der Waals surface area contributed by atoms with Crippen LogP contribution in [0.25, 0.3) is 0 Å². The summed E-state index contributed by atoms with van der Waals surface area (Å²) in [6, 6.07) is 9.56. The third kappa shape index (κ3) is 3.57. The minimum atomic E-state index is -0.346. The van der Waals surface area contributed by atoms with E-state index in [2.05, 4.69) is 5.32 Å². The molecular formula is C19H22F2N2O. The summed E-state index contributed by atoms with van der Waals surface area (Å²) >= 11 is 0. The summed E-state index contributed by atoms with van der Waals surface area (Å²) in [5.41, 5.74) is 2.74. The quantitative estimate of drug-likeness (QED) is 0.828. The fourth-order valence-electron chi connectivity index (χ4n) is 3.03. The lowest BCUT2D eigenvalue weighted by Gasteiger charge is -2.35. The second-order valence-corrected chi connectivity index (χ2v) is 6.20. The highest BCUT2D eigenvalue weighted by Crippen LogP contribution is 2.37. The van der Waals surface area contributed by atoms with Crippen molar-refractivity contribution in [3.8, 4) is 0 Å². The minimum absolute atomic E-state index is 0.103. The number of nitrogens with zero attached hydrogens (tertiary/aromatic N) is 1. The van der Waals surface area contributed by atoms with Crippen LogP contribution >= 0.6 is 0 Å². The lowest BCUT2D eigenvalue weighted by atomic mass is 10.00. The third-order valence-electron chi connectivity index (χ3n) is 4.24. The molecule has 3 rings (SSSR count). The Morgan fingerprint density at radius 2 is 1.96 bits per heavy atom. The van der Waals surface area contributed by atoms with Crippen LogP contribution in [0.3, 0.4) is 0 Å². The highest BCUT2D eigenvalue weighted by Gasteiger charge is 2.28. The number of aryl methyl sites for hydroxylation is 1. The van der Waals surface area contributed by atoms with E-state index in [9.17, 15) is 8.78 Å². The largest absolute Gasteiger partial charge is 0.320 e. The first-order valence-electron chi connectivity index (χ1n) is 8.24. The lowest BCUT2D eigenvalue weighted by molar-refractivity contribution is 0.0358. The van der Waals surface area contributed by atoms with Gasteiger partial charge in [0.1, 0.15) is 17.3 Å². The molecule has 1 heterocycles. The number of nitrogens with one attached hydrogen (secondary N) is 1. The first kappa shape index (κ1) is 16.9. The van der Waals surface area contributed by atoms with Gasteiger partial charge in [0.25, 0.3) is 0 Å². The Labute approximate surface area is 141 Å². The number of rotatable bonds is 5. The summed E-state index contributed by atoms with van der Waals surface area (Å²) in [5.74, 6) is -0.630. The maximum atomic E-state index is 14.4. The van der Waals surface area contributed by atoms with Crippen molar-refractivity contribution in [2.75, 3.05) is 18.7 Å². The molecule has 5 heteroatoms. The van der Waals surface area contributed by atoms with E-state index < -0.39 is 0 Å². The van der Waals surface area contributed by atoms with Gasteiger partial charge in [0.15, 0.2) is 0 Å². The van der Waals surface area contributed by atoms with Crippen molar-refractivity contribution in [3.05, 3.63) is 59.2 Å². The number of hydrogen-bond donors (Lipinski definition) is 1. The van der Waals surface area contributed by atoms with Crippen molar-refractivity contribution < 1.29 is 13.6 Å². The van der Waals surface area contributed by atoms with Gasteiger partial charge < -0.3 is 5.32 Å². The molecule has 1 aliphatic rings. The second-order valence-electron chi connectivity index (χ2n) is 6.20. The van der Waals surface area contributed by atoms with Crippen LogP contribution in [0.1, 0.15) is 24.0 Å². The molecular weight excluding hydrogens is 310 g/mol. The molecule has 0 saturated heterocycles. The summed E-state index contributed by atoms with van der Waals surface area (Å²) in [5, 5.41) is 4.62. The SMILES string of the molecule is CNCCCC1Cc2cc(F)ccc2N(c2ccc(C)cc2F)O1. The number of halogens is 2. The van der Waals surface area contributed by atoms with Crippen LogP contribution < -0.4 is 10.4 Å². The van der Waals surface area contributed by atoms with Gasteiger partial charge in [-0.15, -0.1) is 0 Å². The van der Waals surface area contributed by atoms with E-state index in [0.29, 0.717) is 17.8 Å². The molecule has 0 aliphatic carbocycles. The monoisotopic (exact) mass is 332 g/mol. The van der Waals surface area contributed by atoms with E-state index in [4.69, 9.17) is 4.84 Å². The van der Waals surface area contributed by atoms with Crippen molar-refractivity contribution in [2.45, 2.75) is 32.3 Å². The van der Waals surface area contributed by atoms with E-state index >= 15 is 0 Å². The smallest absolute Gasteiger partial charge is 0.149 e. The maximum Gasteiger partial charge on any atom is 0.149 e. The van der Waals surface area contributed by atoms with Crippen LogP contribution in [-0.2, 0) is 11.3 Å². The number of fused-ring (bicyclic) bond motifs is 1. The Balaban J connectivity index is 1.94. The Morgan fingerprint density at radius 1 is 1.17 bits per heavy atom. The summed E-state index contributed by atoms with van der Waals surface area (Å²) in [4.78, 5) is 6.05. The molecule has 0 amide bonds. The van der Waals surface area contributed by atoms with Crippen molar-refractivity contribution in [1.29, 1.82) is 0 Å². The van der Waals surface area contributed by atoms with Crippen LogP contribution in [0.4, 0.5) is 20.2 Å². The van der Waals surface area contributed by atoms with Crippen LogP contribution in [0.2, 0.25) is 0 Å². The van der Waals surface area contributed by atoms with Crippen LogP contribution in [-0.4, -0.2) is 19.7 Å². The van der Waals surface area contributed by atoms with Crippen LogP contribution in [0.15, 0.2) is 36.4 Å². The minimum Gasteiger partial charge on any atom is -0.320 e. The van der Waals surface area contributed by atoms with Crippen molar-refractivity contribution in [1.82, 2.24) is 5.32 Å². The zero-order valence-corrected chi connectivity index (χ0v) is 14.0. The van der Waals surface area contributed by atoms with Gasteiger partial charge in [-0.2, -0.15) is 0 Å². The fourth-order valence-corrected chi connectivity index (χ4v) is 3.03. The molecule has 1 atom stereocenters. The summed E-state index contributed by atoms with van der Waals surface area (Å²) in [7, 11) is 1.90. The lowest BCUT2D eigenvalue weighted by Crippen LogP contribution is -2.34. The zero-order chi connectivity index (χ0) is 17.1. The predicted octanol–water partition coefficient (Wildman–Crippen LogP) is 4.27. The first-order valence-corrected chi connectivity index (χ1v) is 8.24. The Hall–Kier alpha value is -1.98.